The van der Waals surface area contributed by atoms with Gasteiger partial charge in [-0.3, -0.25) is 14.5 Å². The van der Waals surface area contributed by atoms with Gasteiger partial charge in [-0.25, -0.2) is 9.59 Å². The molecule has 3 heterocycles. The van der Waals surface area contributed by atoms with Gasteiger partial charge in [0, 0.05) is 19.1 Å². The summed E-state index contributed by atoms with van der Waals surface area (Å²) in [6, 6.07) is 2.15. The van der Waals surface area contributed by atoms with Crippen molar-refractivity contribution in [3.05, 3.63) is 24.2 Å². The van der Waals surface area contributed by atoms with Crippen LogP contribution in [0.5, 0.6) is 0 Å². The molecule has 10 nitrogen and oxygen atoms in total. The summed E-state index contributed by atoms with van der Waals surface area (Å²) >= 11 is 0. The van der Waals surface area contributed by atoms with Crippen LogP contribution in [0.4, 0.5) is 4.79 Å². The molecule has 3 amide bonds. The lowest BCUT2D eigenvalue weighted by Gasteiger charge is -2.37. The fourth-order valence-corrected chi connectivity index (χ4v) is 3.31. The topological polar surface area (TPSA) is 118 Å². The van der Waals surface area contributed by atoms with E-state index < -0.39 is 24.0 Å². The van der Waals surface area contributed by atoms with E-state index in [2.05, 4.69) is 5.32 Å². The van der Waals surface area contributed by atoms with Crippen LogP contribution >= 0.6 is 0 Å². The highest BCUT2D eigenvalue weighted by Crippen LogP contribution is 2.24. The molecular formula is C17H21N3O7. The number of nitrogens with one attached hydrogen (secondary N) is 1. The number of ether oxygens (including phenoxy) is 2. The maximum absolute atomic E-state index is 12.3. The van der Waals surface area contributed by atoms with Crippen molar-refractivity contribution in [1.82, 2.24) is 15.1 Å². The Bertz CT molecular complexity index is 710. The molecule has 0 radical (unpaired) electrons. The molecule has 0 saturated carbocycles. The minimum absolute atomic E-state index is 0.0243. The third-order valence-corrected chi connectivity index (χ3v) is 4.74. The van der Waals surface area contributed by atoms with E-state index in [1.165, 1.54) is 24.3 Å². The number of esters is 1. The first-order valence-electron chi connectivity index (χ1n) is 8.63. The van der Waals surface area contributed by atoms with Crippen molar-refractivity contribution in [2.45, 2.75) is 24.9 Å². The molecule has 0 spiro atoms. The number of hydrogen-bond donors (Lipinski definition) is 1. The van der Waals surface area contributed by atoms with Crippen molar-refractivity contribution in [1.29, 1.82) is 0 Å². The summed E-state index contributed by atoms with van der Waals surface area (Å²) in [5.74, 6) is -1.05. The molecule has 2 fully saturated rings. The molecule has 1 aromatic heterocycles. The van der Waals surface area contributed by atoms with Gasteiger partial charge in [0.05, 0.1) is 19.9 Å². The number of nitrogens with zero attached hydrogens (tertiary/aromatic N) is 2. The normalized spacial score (nSPS) is 20.3. The third kappa shape index (κ3) is 4.04. The minimum Gasteiger partial charge on any atom is -0.467 e. The van der Waals surface area contributed by atoms with Crippen LogP contribution in [-0.4, -0.2) is 79.1 Å². The van der Waals surface area contributed by atoms with E-state index in [0.29, 0.717) is 25.9 Å². The Balaban J connectivity index is 1.49. The highest BCUT2D eigenvalue weighted by Gasteiger charge is 2.44. The van der Waals surface area contributed by atoms with E-state index in [4.69, 9.17) is 13.9 Å². The van der Waals surface area contributed by atoms with Gasteiger partial charge in [-0.05, 0) is 25.0 Å². The van der Waals surface area contributed by atoms with Gasteiger partial charge >= 0.3 is 12.1 Å². The average Bonchev–Trinajstić information content (AvgIpc) is 3.35. The number of methoxy groups -OCH3 is 1. The standard InChI is InChI=1S/C17H21N3O7/c1-25-16(23)12-10-27-17(24)20(12)11-4-6-19(7-5-11)14(21)9-18-15(22)13-3-2-8-26-13/h2-3,8,11-12H,4-7,9-10H2,1H3,(H,18,22)/t12-/m0/s1. The van der Waals surface area contributed by atoms with E-state index in [1.54, 1.807) is 11.0 Å². The van der Waals surface area contributed by atoms with Crippen molar-refractivity contribution in [3.8, 4) is 0 Å². The van der Waals surface area contributed by atoms with Crippen LogP contribution in [0.3, 0.4) is 0 Å². The number of hydrogen-bond acceptors (Lipinski definition) is 7. The first-order chi connectivity index (χ1) is 13.0. The Kier molecular flexibility index (Phi) is 5.63. The number of rotatable bonds is 5. The number of likely N-dealkylation sites (tertiary alicyclic amines) is 1. The first-order valence-corrected chi connectivity index (χ1v) is 8.63. The largest absolute Gasteiger partial charge is 0.467 e. The van der Waals surface area contributed by atoms with Gasteiger partial charge in [-0.1, -0.05) is 0 Å². The lowest BCUT2D eigenvalue weighted by molar-refractivity contribution is -0.146. The summed E-state index contributed by atoms with van der Waals surface area (Å²) in [5, 5.41) is 2.52. The van der Waals surface area contributed by atoms with E-state index in [1.807, 2.05) is 0 Å². The molecule has 2 saturated heterocycles. The molecule has 2 aliphatic rings. The molecule has 3 rings (SSSR count). The van der Waals surface area contributed by atoms with Gasteiger partial charge in [0.25, 0.3) is 5.91 Å². The van der Waals surface area contributed by atoms with Crippen LogP contribution in [0, 0.1) is 0 Å². The van der Waals surface area contributed by atoms with Crippen LogP contribution < -0.4 is 5.32 Å². The maximum atomic E-state index is 12.3. The molecule has 1 atom stereocenters. The second-order valence-electron chi connectivity index (χ2n) is 6.30. The minimum atomic E-state index is -0.748. The molecule has 1 N–H and O–H groups in total. The predicted octanol–water partition coefficient (Wildman–Crippen LogP) is -0.00580. The van der Waals surface area contributed by atoms with E-state index in [9.17, 15) is 19.2 Å². The number of cyclic esters (lactones) is 1. The van der Waals surface area contributed by atoms with Crippen molar-refractivity contribution >= 4 is 23.9 Å². The Hall–Kier alpha value is -3.04. The lowest BCUT2D eigenvalue weighted by Crippen LogP contribution is -2.53. The van der Waals surface area contributed by atoms with Crippen LogP contribution in [-0.2, 0) is 19.1 Å². The summed E-state index contributed by atoms with van der Waals surface area (Å²) in [7, 11) is 1.27. The van der Waals surface area contributed by atoms with Gasteiger partial charge in [0.1, 0.15) is 6.61 Å². The van der Waals surface area contributed by atoms with Crippen molar-refractivity contribution in [2.24, 2.45) is 0 Å². The number of carbonyl (C=O) groups excluding carboxylic acids is 4. The fraction of sp³-hybridized carbons (Fsp3) is 0.529. The van der Waals surface area contributed by atoms with E-state index in [-0.39, 0.29) is 30.9 Å². The molecule has 0 bridgehead atoms. The summed E-state index contributed by atoms with van der Waals surface area (Å²) in [5.41, 5.74) is 0. The van der Waals surface area contributed by atoms with Gasteiger partial charge in [-0.15, -0.1) is 0 Å². The number of piperidine rings is 1. The molecule has 27 heavy (non-hydrogen) atoms. The van der Waals surface area contributed by atoms with Gasteiger partial charge in [0.15, 0.2) is 11.8 Å². The molecule has 0 aromatic carbocycles. The zero-order valence-corrected chi connectivity index (χ0v) is 14.9. The molecule has 146 valence electrons. The summed E-state index contributed by atoms with van der Waals surface area (Å²) in [6.07, 6.45) is 1.87. The number of carbonyl (C=O) groups is 4. The number of furan rings is 1. The Morgan fingerprint density at radius 3 is 2.67 bits per heavy atom. The Morgan fingerprint density at radius 2 is 2.04 bits per heavy atom. The summed E-state index contributed by atoms with van der Waals surface area (Å²) in [4.78, 5) is 50.9. The quantitative estimate of drug-likeness (QED) is 0.715. The van der Waals surface area contributed by atoms with Crippen molar-refractivity contribution in [3.63, 3.8) is 0 Å². The summed E-state index contributed by atoms with van der Waals surface area (Å²) < 4.78 is 14.7. The van der Waals surface area contributed by atoms with Gasteiger partial charge < -0.3 is 24.1 Å². The van der Waals surface area contributed by atoms with Crippen LogP contribution in [0.1, 0.15) is 23.4 Å². The third-order valence-electron chi connectivity index (χ3n) is 4.74. The van der Waals surface area contributed by atoms with Crippen molar-refractivity contribution < 1.29 is 33.1 Å². The Morgan fingerprint density at radius 1 is 1.30 bits per heavy atom. The van der Waals surface area contributed by atoms with Crippen molar-refractivity contribution in [2.75, 3.05) is 33.4 Å². The lowest BCUT2D eigenvalue weighted by atomic mass is 10.0. The van der Waals surface area contributed by atoms with Gasteiger partial charge in [-0.2, -0.15) is 0 Å². The predicted molar refractivity (Wildman–Crippen MR) is 89.6 cm³/mol. The molecule has 0 aliphatic carbocycles. The van der Waals surface area contributed by atoms with Crippen LogP contribution in [0.2, 0.25) is 0 Å². The molecule has 10 heteroatoms. The smallest absolute Gasteiger partial charge is 0.410 e. The van der Waals surface area contributed by atoms with E-state index in [0.717, 1.165) is 0 Å². The number of amides is 3. The molecule has 1 aromatic rings. The van der Waals surface area contributed by atoms with E-state index >= 15 is 0 Å². The average molecular weight is 379 g/mol. The molecule has 2 aliphatic heterocycles. The second-order valence-corrected chi connectivity index (χ2v) is 6.30. The molecular weight excluding hydrogens is 358 g/mol. The van der Waals surface area contributed by atoms with Crippen LogP contribution in [0.15, 0.2) is 22.8 Å². The monoisotopic (exact) mass is 379 g/mol. The maximum Gasteiger partial charge on any atom is 0.410 e. The first kappa shape index (κ1) is 18.7. The molecule has 0 unspecified atom stereocenters. The van der Waals surface area contributed by atoms with Crippen LogP contribution in [0.25, 0.3) is 0 Å². The second kappa shape index (κ2) is 8.11. The zero-order chi connectivity index (χ0) is 19.4. The Labute approximate surface area is 155 Å². The fourth-order valence-electron chi connectivity index (χ4n) is 3.31. The SMILES string of the molecule is COC(=O)[C@@H]1COC(=O)N1C1CCN(C(=O)CNC(=O)c2ccco2)CC1. The highest BCUT2D eigenvalue weighted by atomic mass is 16.6. The highest BCUT2D eigenvalue weighted by molar-refractivity contribution is 5.94. The summed E-state index contributed by atoms with van der Waals surface area (Å²) in [6.45, 7) is 0.666. The zero-order valence-electron chi connectivity index (χ0n) is 14.9. The van der Waals surface area contributed by atoms with Gasteiger partial charge in [0.2, 0.25) is 5.91 Å².